The van der Waals surface area contributed by atoms with Crippen LogP contribution in [-0.4, -0.2) is 0 Å². The van der Waals surface area contributed by atoms with Crippen molar-refractivity contribution in [2.24, 2.45) is 7.05 Å². The maximum absolute atomic E-state index is 6.23. The maximum atomic E-state index is 6.23. The van der Waals surface area contributed by atoms with E-state index >= 15 is 0 Å². The van der Waals surface area contributed by atoms with Gasteiger partial charge in [-0.3, -0.25) is 0 Å². The Labute approximate surface area is 158 Å². The molecule has 0 atom stereocenters. The van der Waals surface area contributed by atoms with E-state index in [1.807, 2.05) is 42.2 Å². The van der Waals surface area contributed by atoms with Gasteiger partial charge in [0.25, 0.3) is 0 Å². The highest BCUT2D eigenvalue weighted by molar-refractivity contribution is 6.30. The first-order valence-electron chi connectivity index (χ1n) is 8.52. The number of allylic oxidation sites excluding steroid dienone is 2. The Balaban J connectivity index is 1.84. The summed E-state index contributed by atoms with van der Waals surface area (Å²) in [5.74, 6) is 1.66. The fraction of sp³-hybridized carbons (Fsp3) is 0.0870. The molecule has 4 rings (SSSR count). The predicted octanol–water partition coefficient (Wildman–Crippen LogP) is 5.45. The van der Waals surface area contributed by atoms with E-state index in [-0.39, 0.29) is 0 Å². The summed E-state index contributed by atoms with van der Waals surface area (Å²) in [6.45, 7) is 2.08. The normalized spacial score (nSPS) is 14.6. The van der Waals surface area contributed by atoms with Crippen molar-refractivity contribution in [3.63, 3.8) is 0 Å². The van der Waals surface area contributed by atoms with Crippen molar-refractivity contribution in [3.8, 4) is 5.75 Å². The molecule has 2 nitrogen and oxygen atoms in total. The minimum absolute atomic E-state index is 0.699. The summed E-state index contributed by atoms with van der Waals surface area (Å²) in [6, 6.07) is 18.3. The zero-order valence-electron chi connectivity index (χ0n) is 14.7. The summed E-state index contributed by atoms with van der Waals surface area (Å²) >= 11 is 6.23. The first-order chi connectivity index (χ1) is 12.6. The van der Waals surface area contributed by atoms with Crippen molar-refractivity contribution in [2.75, 3.05) is 0 Å². The Morgan fingerprint density at radius 1 is 0.962 bits per heavy atom. The van der Waals surface area contributed by atoms with Crippen LogP contribution in [0.2, 0.25) is 5.02 Å². The van der Waals surface area contributed by atoms with Crippen LogP contribution < -0.4 is 9.30 Å². The third-order valence-corrected chi connectivity index (χ3v) is 4.66. The summed E-state index contributed by atoms with van der Waals surface area (Å²) in [6.07, 6.45) is 8.31. The van der Waals surface area contributed by atoms with E-state index in [9.17, 15) is 0 Å². The van der Waals surface area contributed by atoms with E-state index in [2.05, 4.69) is 55.5 Å². The predicted molar refractivity (Wildman–Crippen MR) is 107 cm³/mol. The lowest BCUT2D eigenvalue weighted by molar-refractivity contribution is -0.671. The van der Waals surface area contributed by atoms with Gasteiger partial charge >= 0.3 is 0 Å². The first-order valence-corrected chi connectivity index (χ1v) is 8.90. The van der Waals surface area contributed by atoms with Gasteiger partial charge in [0.1, 0.15) is 18.6 Å². The van der Waals surface area contributed by atoms with Crippen LogP contribution >= 0.6 is 11.6 Å². The number of aryl methyl sites for hydroxylation is 2. The lowest BCUT2D eigenvalue weighted by atomic mass is 9.97. The SMILES string of the molecule is Cc1ccc(C2=C/C(=C\c3cc[n+](C)cc3)c3cc(Cl)ccc3O2)cc1. The van der Waals surface area contributed by atoms with Gasteiger partial charge < -0.3 is 4.74 Å². The van der Waals surface area contributed by atoms with E-state index in [1.165, 1.54) is 5.56 Å². The molecule has 128 valence electrons. The average Bonchev–Trinajstić information content (AvgIpc) is 2.64. The number of hydrogen-bond acceptors (Lipinski definition) is 1. The van der Waals surface area contributed by atoms with E-state index in [4.69, 9.17) is 16.3 Å². The second-order valence-corrected chi connectivity index (χ2v) is 6.95. The lowest BCUT2D eigenvalue weighted by Crippen LogP contribution is -2.25. The van der Waals surface area contributed by atoms with Gasteiger partial charge in [-0.15, -0.1) is 0 Å². The highest BCUT2D eigenvalue weighted by atomic mass is 35.5. The number of pyridine rings is 1. The van der Waals surface area contributed by atoms with Gasteiger partial charge in [-0.05, 0) is 48.4 Å². The van der Waals surface area contributed by atoms with Crippen molar-refractivity contribution in [1.82, 2.24) is 0 Å². The Morgan fingerprint density at radius 2 is 1.69 bits per heavy atom. The van der Waals surface area contributed by atoms with Crippen LogP contribution in [0.25, 0.3) is 17.4 Å². The third kappa shape index (κ3) is 3.42. The van der Waals surface area contributed by atoms with E-state index < -0.39 is 0 Å². The molecule has 2 aromatic carbocycles. The number of hydrogen-bond donors (Lipinski definition) is 0. The number of aromatic nitrogens is 1. The molecule has 0 saturated carbocycles. The maximum Gasteiger partial charge on any atom is 0.169 e. The number of halogens is 1. The Morgan fingerprint density at radius 3 is 2.42 bits per heavy atom. The van der Waals surface area contributed by atoms with Crippen LogP contribution in [0.5, 0.6) is 5.75 Å². The smallest absolute Gasteiger partial charge is 0.169 e. The molecule has 0 unspecified atom stereocenters. The summed E-state index contributed by atoms with van der Waals surface area (Å²) in [4.78, 5) is 0. The molecule has 1 aliphatic rings. The summed E-state index contributed by atoms with van der Waals surface area (Å²) in [5.41, 5.74) is 5.50. The molecule has 0 aliphatic carbocycles. The number of fused-ring (bicyclic) bond motifs is 1. The van der Waals surface area contributed by atoms with Crippen LogP contribution in [0.15, 0.2) is 73.1 Å². The molecule has 3 heteroatoms. The molecule has 0 fully saturated rings. The van der Waals surface area contributed by atoms with Gasteiger partial charge in [0, 0.05) is 28.3 Å². The monoisotopic (exact) mass is 360 g/mol. The fourth-order valence-corrected chi connectivity index (χ4v) is 3.12. The lowest BCUT2D eigenvalue weighted by Gasteiger charge is -2.21. The molecule has 0 spiro atoms. The van der Waals surface area contributed by atoms with Gasteiger partial charge in [-0.25, -0.2) is 4.57 Å². The van der Waals surface area contributed by atoms with Crippen LogP contribution in [0, 0.1) is 6.92 Å². The first kappa shape index (κ1) is 16.6. The number of nitrogens with zero attached hydrogens (tertiary/aromatic N) is 1. The molecular weight excluding hydrogens is 342 g/mol. The molecule has 3 aromatic rings. The van der Waals surface area contributed by atoms with Crippen LogP contribution in [0.3, 0.4) is 0 Å². The summed E-state index contributed by atoms with van der Waals surface area (Å²) < 4.78 is 8.18. The molecule has 1 aliphatic heterocycles. The van der Waals surface area contributed by atoms with Gasteiger partial charge in [0.2, 0.25) is 0 Å². The second kappa shape index (κ2) is 6.81. The Hall–Kier alpha value is -2.84. The number of ether oxygens (including phenoxy) is 1. The van der Waals surface area contributed by atoms with Crippen LogP contribution in [0.1, 0.15) is 22.3 Å². The molecule has 0 saturated heterocycles. The zero-order valence-corrected chi connectivity index (χ0v) is 15.5. The van der Waals surface area contributed by atoms with Gasteiger partial charge in [0.15, 0.2) is 12.4 Å². The van der Waals surface area contributed by atoms with Gasteiger partial charge in [0.05, 0.1) is 0 Å². The quantitative estimate of drug-likeness (QED) is 0.554. The molecule has 0 radical (unpaired) electrons. The highest BCUT2D eigenvalue weighted by Gasteiger charge is 2.18. The van der Waals surface area contributed by atoms with Gasteiger partial charge in [-0.1, -0.05) is 41.4 Å². The molecule has 1 aromatic heterocycles. The molecule has 26 heavy (non-hydrogen) atoms. The number of benzene rings is 2. The van der Waals surface area contributed by atoms with Crippen molar-refractivity contribution in [3.05, 3.63) is 100 Å². The largest absolute Gasteiger partial charge is 0.456 e. The van der Waals surface area contributed by atoms with Gasteiger partial charge in [-0.2, -0.15) is 0 Å². The van der Waals surface area contributed by atoms with Crippen molar-refractivity contribution < 1.29 is 9.30 Å². The molecule has 2 heterocycles. The average molecular weight is 361 g/mol. The van der Waals surface area contributed by atoms with Crippen molar-refractivity contribution in [1.29, 1.82) is 0 Å². The van der Waals surface area contributed by atoms with Crippen molar-refractivity contribution >= 4 is 29.0 Å². The second-order valence-electron chi connectivity index (χ2n) is 6.51. The summed E-state index contributed by atoms with van der Waals surface area (Å²) in [5, 5.41) is 0.699. The van der Waals surface area contributed by atoms with E-state index in [1.54, 1.807) is 0 Å². The molecule has 0 N–H and O–H groups in total. The Kier molecular flexibility index (Phi) is 4.36. The topological polar surface area (TPSA) is 13.1 Å². The fourth-order valence-electron chi connectivity index (χ4n) is 2.95. The molecular formula is C23H19ClNO+. The van der Waals surface area contributed by atoms with Crippen molar-refractivity contribution in [2.45, 2.75) is 6.92 Å². The zero-order chi connectivity index (χ0) is 18.1. The Bertz CT molecular complexity index is 1020. The minimum Gasteiger partial charge on any atom is -0.456 e. The van der Waals surface area contributed by atoms with Crippen LogP contribution in [-0.2, 0) is 7.05 Å². The standard InChI is InChI=1S/C23H19ClNO/c1-16-3-5-18(6-4-16)23-14-19(13-17-9-11-25(2)12-10-17)21-15-20(24)7-8-22(21)26-23/h3-15H,1-2H3/q+1/b19-13+. The highest BCUT2D eigenvalue weighted by Crippen LogP contribution is 2.39. The minimum atomic E-state index is 0.699. The third-order valence-electron chi connectivity index (χ3n) is 4.42. The van der Waals surface area contributed by atoms with E-state index in [0.717, 1.165) is 33.8 Å². The summed E-state index contributed by atoms with van der Waals surface area (Å²) in [7, 11) is 2.01. The van der Waals surface area contributed by atoms with E-state index in [0.29, 0.717) is 5.02 Å². The number of rotatable bonds is 2. The van der Waals surface area contributed by atoms with Crippen LogP contribution in [0.4, 0.5) is 0 Å². The molecule has 0 amide bonds. The molecule has 0 bridgehead atoms.